The Hall–Kier alpha value is -2.89. The van der Waals surface area contributed by atoms with Gasteiger partial charge >= 0.3 is 0 Å². The first-order valence-electron chi connectivity index (χ1n) is 10.2. The van der Waals surface area contributed by atoms with Crippen LogP contribution in [0.2, 0.25) is 0 Å². The van der Waals surface area contributed by atoms with Crippen LogP contribution in [0.1, 0.15) is 40.9 Å². The van der Waals surface area contributed by atoms with Gasteiger partial charge in [0.1, 0.15) is 17.9 Å². The molecule has 1 fully saturated rings. The van der Waals surface area contributed by atoms with Gasteiger partial charge in [-0.15, -0.1) is 0 Å². The molecule has 1 aliphatic heterocycles. The Labute approximate surface area is 171 Å². The van der Waals surface area contributed by atoms with Crippen LogP contribution >= 0.6 is 0 Å². The van der Waals surface area contributed by atoms with E-state index >= 15 is 0 Å². The third-order valence-electron chi connectivity index (χ3n) is 5.96. The van der Waals surface area contributed by atoms with Crippen molar-refractivity contribution in [2.75, 3.05) is 23.3 Å². The molecule has 1 N–H and O–H groups in total. The van der Waals surface area contributed by atoms with Gasteiger partial charge in [-0.25, -0.2) is 9.97 Å². The zero-order valence-electron chi connectivity index (χ0n) is 17.8. The van der Waals surface area contributed by atoms with Crippen LogP contribution in [0.5, 0.6) is 0 Å². The quantitative estimate of drug-likeness (QED) is 0.704. The van der Waals surface area contributed by atoms with Crippen molar-refractivity contribution in [2.45, 2.75) is 47.5 Å². The molecule has 1 aromatic carbocycles. The van der Waals surface area contributed by atoms with Gasteiger partial charge in [-0.2, -0.15) is 0 Å². The number of nitrogens with one attached hydrogen (secondary N) is 1. The van der Waals surface area contributed by atoms with Crippen LogP contribution in [0.3, 0.4) is 0 Å². The minimum atomic E-state index is -0.0813. The highest BCUT2D eigenvalue weighted by atomic mass is 16.3. The zero-order chi connectivity index (χ0) is 20.7. The molecule has 0 unspecified atom stereocenters. The van der Waals surface area contributed by atoms with Crippen LogP contribution in [-0.4, -0.2) is 29.0 Å². The SMILES string of the molecule is Cc1cc(C)c(NC(=O)[C@@H]2CCCN(c3ncnc4oc(C)c(C)c34)C2)c(C)c1. The minimum Gasteiger partial charge on any atom is -0.443 e. The molecule has 3 heterocycles. The van der Waals surface area contributed by atoms with E-state index in [1.54, 1.807) is 6.33 Å². The number of rotatable bonds is 3. The van der Waals surface area contributed by atoms with E-state index < -0.39 is 0 Å². The molecular formula is C23H28N4O2. The van der Waals surface area contributed by atoms with Crippen molar-refractivity contribution in [1.82, 2.24) is 9.97 Å². The second-order valence-electron chi connectivity index (χ2n) is 8.21. The van der Waals surface area contributed by atoms with E-state index in [1.165, 1.54) is 5.56 Å². The second-order valence-corrected chi connectivity index (χ2v) is 8.21. The number of anilines is 2. The van der Waals surface area contributed by atoms with E-state index in [-0.39, 0.29) is 11.8 Å². The Bertz CT molecular complexity index is 1060. The van der Waals surface area contributed by atoms with Crippen molar-refractivity contribution in [3.8, 4) is 0 Å². The summed E-state index contributed by atoms with van der Waals surface area (Å²) in [5, 5.41) is 4.14. The number of furan rings is 1. The Kier molecular flexibility index (Phi) is 5.03. The summed E-state index contributed by atoms with van der Waals surface area (Å²) in [7, 11) is 0. The summed E-state index contributed by atoms with van der Waals surface area (Å²) in [6.45, 7) is 11.7. The van der Waals surface area contributed by atoms with E-state index in [9.17, 15) is 4.79 Å². The molecule has 0 spiro atoms. The Morgan fingerprint density at radius 2 is 1.86 bits per heavy atom. The van der Waals surface area contributed by atoms with Crippen molar-refractivity contribution >= 4 is 28.5 Å². The molecule has 0 radical (unpaired) electrons. The molecule has 2 aromatic heterocycles. The summed E-state index contributed by atoms with van der Waals surface area (Å²) in [6.07, 6.45) is 3.37. The average Bonchev–Trinajstić information content (AvgIpc) is 2.98. The molecule has 152 valence electrons. The third-order valence-corrected chi connectivity index (χ3v) is 5.96. The lowest BCUT2D eigenvalue weighted by Crippen LogP contribution is -2.41. The molecule has 3 aromatic rings. The normalized spacial score (nSPS) is 17.0. The molecule has 1 saturated heterocycles. The topological polar surface area (TPSA) is 71.3 Å². The van der Waals surface area contributed by atoms with Crippen molar-refractivity contribution in [1.29, 1.82) is 0 Å². The highest BCUT2D eigenvalue weighted by Gasteiger charge is 2.29. The number of carbonyl (C=O) groups is 1. The smallest absolute Gasteiger partial charge is 0.231 e. The van der Waals surface area contributed by atoms with Crippen LogP contribution in [0.15, 0.2) is 22.9 Å². The van der Waals surface area contributed by atoms with E-state index in [1.807, 2.05) is 27.7 Å². The fourth-order valence-electron chi connectivity index (χ4n) is 4.39. The first-order chi connectivity index (χ1) is 13.8. The maximum Gasteiger partial charge on any atom is 0.231 e. The summed E-state index contributed by atoms with van der Waals surface area (Å²) >= 11 is 0. The molecule has 0 aliphatic carbocycles. The fraction of sp³-hybridized carbons (Fsp3) is 0.435. The second kappa shape index (κ2) is 7.50. The number of fused-ring (bicyclic) bond motifs is 1. The number of aromatic nitrogens is 2. The molecule has 29 heavy (non-hydrogen) atoms. The van der Waals surface area contributed by atoms with E-state index in [2.05, 4.69) is 39.2 Å². The van der Waals surface area contributed by atoms with E-state index in [4.69, 9.17) is 4.42 Å². The Morgan fingerprint density at radius 3 is 2.59 bits per heavy atom. The van der Waals surface area contributed by atoms with Crippen molar-refractivity contribution in [2.24, 2.45) is 5.92 Å². The first-order valence-corrected chi connectivity index (χ1v) is 10.2. The van der Waals surface area contributed by atoms with Gasteiger partial charge in [-0.1, -0.05) is 17.7 Å². The monoisotopic (exact) mass is 392 g/mol. The Morgan fingerprint density at radius 1 is 1.14 bits per heavy atom. The summed E-state index contributed by atoms with van der Waals surface area (Å²) in [4.78, 5) is 24.1. The number of benzene rings is 1. The number of hydrogen-bond acceptors (Lipinski definition) is 5. The van der Waals surface area contributed by atoms with Crippen LogP contribution in [0.25, 0.3) is 11.1 Å². The lowest BCUT2D eigenvalue weighted by Gasteiger charge is -2.33. The zero-order valence-corrected chi connectivity index (χ0v) is 17.8. The maximum atomic E-state index is 13.1. The molecule has 0 saturated carbocycles. The first kappa shape index (κ1) is 19.4. The van der Waals surface area contributed by atoms with Gasteiger partial charge in [-0.05, 0) is 58.6 Å². The molecule has 1 aliphatic rings. The Balaban J connectivity index is 1.57. The van der Waals surface area contributed by atoms with Gasteiger partial charge in [0.05, 0.1) is 11.3 Å². The standard InChI is InChI=1S/C23H28N4O2/c1-13-9-14(2)20(15(3)10-13)26-22(28)18-7-6-8-27(11-18)21-19-16(4)17(5)29-23(19)25-12-24-21/h9-10,12,18H,6-8,11H2,1-5H3,(H,26,28)/t18-/m1/s1. The molecule has 1 atom stereocenters. The lowest BCUT2D eigenvalue weighted by molar-refractivity contribution is -0.120. The van der Waals surface area contributed by atoms with Gasteiger partial charge in [0.25, 0.3) is 0 Å². The number of aryl methyl sites for hydroxylation is 5. The molecular weight excluding hydrogens is 364 g/mol. The highest BCUT2D eigenvalue weighted by molar-refractivity contribution is 5.95. The number of piperidine rings is 1. The predicted molar refractivity (Wildman–Crippen MR) is 115 cm³/mol. The van der Waals surface area contributed by atoms with Gasteiger partial charge in [0.2, 0.25) is 11.6 Å². The van der Waals surface area contributed by atoms with Gasteiger partial charge in [-0.3, -0.25) is 4.79 Å². The van der Waals surface area contributed by atoms with Crippen molar-refractivity contribution in [3.05, 3.63) is 46.5 Å². The summed E-state index contributed by atoms with van der Waals surface area (Å²) in [5.74, 6) is 1.72. The van der Waals surface area contributed by atoms with Crippen LogP contribution in [0, 0.1) is 40.5 Å². The largest absolute Gasteiger partial charge is 0.443 e. The predicted octanol–water partition coefficient (Wildman–Crippen LogP) is 4.62. The van der Waals surface area contributed by atoms with E-state index in [0.717, 1.165) is 58.7 Å². The molecule has 0 bridgehead atoms. The maximum absolute atomic E-state index is 13.1. The van der Waals surface area contributed by atoms with Crippen molar-refractivity contribution < 1.29 is 9.21 Å². The van der Waals surface area contributed by atoms with Crippen LogP contribution in [0.4, 0.5) is 11.5 Å². The number of amides is 1. The van der Waals surface area contributed by atoms with E-state index in [0.29, 0.717) is 12.3 Å². The number of nitrogens with zero attached hydrogens (tertiary/aromatic N) is 3. The summed E-state index contributed by atoms with van der Waals surface area (Å²) < 4.78 is 5.76. The van der Waals surface area contributed by atoms with Gasteiger partial charge < -0.3 is 14.6 Å². The molecule has 4 rings (SSSR count). The highest BCUT2D eigenvalue weighted by Crippen LogP contribution is 2.33. The average molecular weight is 393 g/mol. The number of hydrogen-bond donors (Lipinski definition) is 1. The summed E-state index contributed by atoms with van der Waals surface area (Å²) in [6, 6.07) is 4.22. The van der Waals surface area contributed by atoms with Gasteiger partial charge in [0, 0.05) is 24.3 Å². The summed E-state index contributed by atoms with van der Waals surface area (Å²) in [5.41, 5.74) is 6.02. The van der Waals surface area contributed by atoms with Gasteiger partial charge in [0.15, 0.2) is 0 Å². The minimum absolute atomic E-state index is 0.0788. The fourth-order valence-corrected chi connectivity index (χ4v) is 4.39. The molecule has 6 nitrogen and oxygen atoms in total. The number of carbonyl (C=O) groups excluding carboxylic acids is 1. The van der Waals surface area contributed by atoms with Crippen LogP contribution in [-0.2, 0) is 4.79 Å². The van der Waals surface area contributed by atoms with Crippen LogP contribution < -0.4 is 10.2 Å². The molecule has 1 amide bonds. The van der Waals surface area contributed by atoms with Crippen molar-refractivity contribution in [3.63, 3.8) is 0 Å². The lowest BCUT2D eigenvalue weighted by atomic mass is 9.96. The third kappa shape index (κ3) is 3.59. The molecule has 6 heteroatoms.